The van der Waals surface area contributed by atoms with E-state index in [0.29, 0.717) is 6.61 Å². The van der Waals surface area contributed by atoms with Crippen LogP contribution in [0.4, 0.5) is 0 Å². The van der Waals surface area contributed by atoms with Crippen molar-refractivity contribution >= 4 is 5.91 Å². The van der Waals surface area contributed by atoms with Gasteiger partial charge in [0.25, 0.3) is 0 Å². The summed E-state index contributed by atoms with van der Waals surface area (Å²) in [6.07, 6.45) is 2.32. The molecule has 1 rings (SSSR count). The van der Waals surface area contributed by atoms with Gasteiger partial charge in [-0.3, -0.25) is 10.0 Å². The highest BCUT2D eigenvalue weighted by atomic mass is 16.5. The van der Waals surface area contributed by atoms with Crippen LogP contribution in [0.5, 0.6) is 5.75 Å². The van der Waals surface area contributed by atoms with E-state index in [1.54, 1.807) is 5.48 Å². The van der Waals surface area contributed by atoms with Crippen LogP contribution >= 0.6 is 0 Å². The summed E-state index contributed by atoms with van der Waals surface area (Å²) < 4.78 is 5.69. The molecule has 0 saturated heterocycles. The molecule has 4 nitrogen and oxygen atoms in total. The van der Waals surface area contributed by atoms with Gasteiger partial charge in [0, 0.05) is 0 Å². The Bertz CT molecular complexity index is 416. The van der Waals surface area contributed by atoms with Gasteiger partial charge in [-0.2, -0.15) is 0 Å². The Kier molecular flexibility index (Phi) is 5.65. The van der Waals surface area contributed by atoms with Crippen LogP contribution in [-0.4, -0.2) is 17.7 Å². The lowest BCUT2D eigenvalue weighted by atomic mass is 10.00. The molecule has 0 aromatic heterocycles. The maximum atomic E-state index is 11.1. The lowest BCUT2D eigenvalue weighted by Gasteiger charge is -2.14. The van der Waals surface area contributed by atoms with Crippen molar-refractivity contribution in [1.82, 2.24) is 5.48 Å². The van der Waals surface area contributed by atoms with Gasteiger partial charge in [0.2, 0.25) is 5.91 Å². The SMILES string of the molecule is CCCCOc1ccc(CC(=O)NO)c(C)c1C. The highest BCUT2D eigenvalue weighted by molar-refractivity contribution is 5.78. The summed E-state index contributed by atoms with van der Waals surface area (Å²) in [7, 11) is 0. The van der Waals surface area contributed by atoms with Crippen molar-refractivity contribution in [3.05, 3.63) is 28.8 Å². The molecule has 0 spiro atoms. The minimum Gasteiger partial charge on any atom is -0.493 e. The molecule has 0 fully saturated rings. The van der Waals surface area contributed by atoms with Gasteiger partial charge in [-0.25, -0.2) is 5.48 Å². The van der Waals surface area contributed by atoms with E-state index < -0.39 is 5.91 Å². The molecule has 0 heterocycles. The van der Waals surface area contributed by atoms with E-state index in [4.69, 9.17) is 9.94 Å². The number of nitrogens with one attached hydrogen (secondary N) is 1. The molecule has 0 aliphatic heterocycles. The lowest BCUT2D eigenvalue weighted by molar-refractivity contribution is -0.128. The summed E-state index contributed by atoms with van der Waals surface area (Å²) in [5, 5.41) is 8.53. The lowest BCUT2D eigenvalue weighted by Crippen LogP contribution is -2.21. The normalized spacial score (nSPS) is 10.2. The molecule has 1 aromatic rings. The first kappa shape index (κ1) is 14.5. The number of carbonyl (C=O) groups excluding carboxylic acids is 1. The number of amides is 1. The van der Waals surface area contributed by atoms with Gasteiger partial charge in [-0.15, -0.1) is 0 Å². The Morgan fingerprint density at radius 1 is 1.33 bits per heavy atom. The topological polar surface area (TPSA) is 58.6 Å². The molecule has 0 saturated carbocycles. The van der Waals surface area contributed by atoms with Crippen molar-refractivity contribution in [1.29, 1.82) is 0 Å². The average Bonchev–Trinajstić information content (AvgIpc) is 2.37. The fourth-order valence-electron chi connectivity index (χ4n) is 1.74. The van der Waals surface area contributed by atoms with Crippen molar-refractivity contribution < 1.29 is 14.7 Å². The quantitative estimate of drug-likeness (QED) is 0.464. The van der Waals surface area contributed by atoms with Crippen LogP contribution in [0.2, 0.25) is 0 Å². The van der Waals surface area contributed by atoms with Crippen molar-refractivity contribution in [3.8, 4) is 5.75 Å². The molecule has 1 aromatic carbocycles. The monoisotopic (exact) mass is 251 g/mol. The summed E-state index contributed by atoms with van der Waals surface area (Å²) in [5.41, 5.74) is 4.64. The van der Waals surface area contributed by atoms with E-state index in [9.17, 15) is 4.79 Å². The Labute approximate surface area is 108 Å². The number of hydroxylamine groups is 1. The Hall–Kier alpha value is -1.55. The van der Waals surface area contributed by atoms with Gasteiger partial charge in [0.15, 0.2) is 0 Å². The van der Waals surface area contributed by atoms with Crippen LogP contribution in [0.3, 0.4) is 0 Å². The molecule has 0 aliphatic carbocycles. The van der Waals surface area contributed by atoms with Crippen molar-refractivity contribution in [2.75, 3.05) is 6.61 Å². The van der Waals surface area contributed by atoms with E-state index in [2.05, 4.69) is 6.92 Å². The zero-order valence-electron chi connectivity index (χ0n) is 11.2. The fraction of sp³-hybridized carbons (Fsp3) is 0.500. The highest BCUT2D eigenvalue weighted by Gasteiger charge is 2.10. The Balaban J connectivity index is 2.80. The summed E-state index contributed by atoms with van der Waals surface area (Å²) >= 11 is 0. The Morgan fingerprint density at radius 2 is 2.06 bits per heavy atom. The minimum atomic E-state index is -0.405. The third-order valence-corrected chi connectivity index (χ3v) is 3.08. The van der Waals surface area contributed by atoms with Gasteiger partial charge in [-0.1, -0.05) is 19.4 Å². The molecule has 18 heavy (non-hydrogen) atoms. The third kappa shape index (κ3) is 3.74. The van der Waals surface area contributed by atoms with Crippen molar-refractivity contribution in [3.63, 3.8) is 0 Å². The van der Waals surface area contributed by atoms with Gasteiger partial charge in [-0.05, 0) is 43.0 Å². The standard InChI is InChI=1S/C14H21NO3/c1-4-5-8-18-13-7-6-12(9-14(16)15-17)10(2)11(13)3/h6-7,17H,4-5,8-9H2,1-3H3,(H,15,16). The molecule has 4 heteroatoms. The summed E-state index contributed by atoms with van der Waals surface area (Å²) in [6.45, 7) is 6.78. The molecule has 0 bridgehead atoms. The molecule has 100 valence electrons. The largest absolute Gasteiger partial charge is 0.493 e. The first-order valence-corrected chi connectivity index (χ1v) is 6.25. The first-order chi connectivity index (χ1) is 8.60. The summed E-state index contributed by atoms with van der Waals surface area (Å²) in [4.78, 5) is 11.1. The zero-order valence-corrected chi connectivity index (χ0v) is 11.2. The second-order valence-electron chi connectivity index (χ2n) is 4.39. The van der Waals surface area contributed by atoms with Crippen LogP contribution in [0.1, 0.15) is 36.5 Å². The predicted molar refractivity (Wildman–Crippen MR) is 70.0 cm³/mol. The first-order valence-electron chi connectivity index (χ1n) is 6.25. The minimum absolute atomic E-state index is 0.179. The molecule has 1 amide bonds. The van der Waals surface area contributed by atoms with E-state index >= 15 is 0 Å². The van der Waals surface area contributed by atoms with Crippen LogP contribution in [0.25, 0.3) is 0 Å². The molecule has 0 radical (unpaired) electrons. The molecule has 0 atom stereocenters. The maximum absolute atomic E-state index is 11.1. The predicted octanol–water partition coefficient (Wildman–Crippen LogP) is 2.53. The zero-order chi connectivity index (χ0) is 13.5. The van der Waals surface area contributed by atoms with Gasteiger partial charge < -0.3 is 4.74 Å². The Morgan fingerprint density at radius 3 is 2.67 bits per heavy atom. The van der Waals surface area contributed by atoms with Crippen LogP contribution in [0, 0.1) is 13.8 Å². The van der Waals surface area contributed by atoms with Crippen LogP contribution in [-0.2, 0) is 11.2 Å². The van der Waals surface area contributed by atoms with E-state index in [1.165, 1.54) is 0 Å². The van der Waals surface area contributed by atoms with Gasteiger partial charge >= 0.3 is 0 Å². The molecular formula is C14H21NO3. The molecular weight excluding hydrogens is 230 g/mol. The number of rotatable bonds is 6. The second kappa shape index (κ2) is 7.01. The van der Waals surface area contributed by atoms with Crippen molar-refractivity contribution in [2.45, 2.75) is 40.0 Å². The third-order valence-electron chi connectivity index (χ3n) is 3.08. The number of hydrogen-bond acceptors (Lipinski definition) is 3. The number of carbonyl (C=O) groups is 1. The van der Waals surface area contributed by atoms with Crippen molar-refractivity contribution in [2.24, 2.45) is 0 Å². The van der Waals surface area contributed by atoms with Crippen LogP contribution < -0.4 is 10.2 Å². The molecule has 0 unspecified atom stereocenters. The molecule has 2 N–H and O–H groups in total. The van der Waals surface area contributed by atoms with E-state index in [0.717, 1.165) is 35.3 Å². The van der Waals surface area contributed by atoms with E-state index in [-0.39, 0.29) is 6.42 Å². The smallest absolute Gasteiger partial charge is 0.247 e. The average molecular weight is 251 g/mol. The van der Waals surface area contributed by atoms with Gasteiger partial charge in [0.1, 0.15) is 5.75 Å². The molecule has 0 aliphatic rings. The number of ether oxygens (including phenoxy) is 1. The second-order valence-corrected chi connectivity index (χ2v) is 4.39. The number of unbranched alkanes of at least 4 members (excludes halogenated alkanes) is 1. The highest BCUT2D eigenvalue weighted by Crippen LogP contribution is 2.24. The number of benzene rings is 1. The summed E-state index contributed by atoms with van der Waals surface area (Å²) in [6, 6.07) is 3.76. The van der Waals surface area contributed by atoms with E-state index in [1.807, 2.05) is 26.0 Å². The number of hydrogen-bond donors (Lipinski definition) is 2. The van der Waals surface area contributed by atoms with Crippen LogP contribution in [0.15, 0.2) is 12.1 Å². The maximum Gasteiger partial charge on any atom is 0.247 e. The summed E-state index contributed by atoms with van der Waals surface area (Å²) in [5.74, 6) is 0.464. The fourth-order valence-corrected chi connectivity index (χ4v) is 1.74. The van der Waals surface area contributed by atoms with Gasteiger partial charge in [0.05, 0.1) is 13.0 Å².